The maximum absolute atomic E-state index is 12.3. The SMILES string of the molecule is Cc1cc(C)n2nc(CC(=O)NCC3OCCc4ccccc43)nc2n1. The van der Waals surface area contributed by atoms with Crippen LogP contribution in [0.4, 0.5) is 0 Å². The van der Waals surface area contributed by atoms with E-state index >= 15 is 0 Å². The number of carbonyl (C=O) groups excluding carboxylic acids is 1. The molecular formula is C19H21N5O2. The van der Waals surface area contributed by atoms with Crippen LogP contribution in [0.2, 0.25) is 0 Å². The molecule has 0 saturated carbocycles. The first-order valence-corrected chi connectivity index (χ1v) is 8.76. The number of aromatic nitrogens is 4. The molecule has 1 atom stereocenters. The van der Waals surface area contributed by atoms with Gasteiger partial charge >= 0.3 is 0 Å². The van der Waals surface area contributed by atoms with Gasteiger partial charge in [0.05, 0.1) is 13.0 Å². The van der Waals surface area contributed by atoms with Gasteiger partial charge in [-0.1, -0.05) is 24.3 Å². The maximum Gasteiger partial charge on any atom is 0.252 e. The van der Waals surface area contributed by atoms with Crippen LogP contribution >= 0.6 is 0 Å². The van der Waals surface area contributed by atoms with Gasteiger partial charge in [-0.25, -0.2) is 9.50 Å². The lowest BCUT2D eigenvalue weighted by Gasteiger charge is -2.26. The molecule has 7 nitrogen and oxygen atoms in total. The van der Waals surface area contributed by atoms with E-state index in [1.807, 2.05) is 32.0 Å². The predicted octanol–water partition coefficient (Wildman–Crippen LogP) is 1.71. The Kier molecular flexibility index (Phi) is 4.38. The second kappa shape index (κ2) is 6.84. The molecule has 2 aromatic heterocycles. The first kappa shape index (κ1) is 16.7. The molecule has 1 aliphatic heterocycles. The Morgan fingerprint density at radius 1 is 1.31 bits per heavy atom. The lowest BCUT2D eigenvalue weighted by molar-refractivity contribution is -0.121. The molecule has 0 fully saturated rings. The highest BCUT2D eigenvalue weighted by Gasteiger charge is 2.21. The van der Waals surface area contributed by atoms with Crippen molar-refractivity contribution in [1.29, 1.82) is 0 Å². The van der Waals surface area contributed by atoms with E-state index in [1.54, 1.807) is 4.52 Å². The summed E-state index contributed by atoms with van der Waals surface area (Å²) in [5.41, 5.74) is 4.27. The van der Waals surface area contributed by atoms with Crippen molar-refractivity contribution in [3.8, 4) is 0 Å². The van der Waals surface area contributed by atoms with Gasteiger partial charge in [0.2, 0.25) is 5.91 Å². The molecule has 26 heavy (non-hydrogen) atoms. The minimum atomic E-state index is -0.123. The maximum atomic E-state index is 12.3. The molecule has 3 heterocycles. The van der Waals surface area contributed by atoms with Crippen molar-refractivity contribution >= 4 is 11.7 Å². The number of nitrogens with zero attached hydrogens (tertiary/aromatic N) is 4. The van der Waals surface area contributed by atoms with Gasteiger partial charge in [-0.3, -0.25) is 4.79 Å². The normalized spacial score (nSPS) is 16.5. The highest BCUT2D eigenvalue weighted by molar-refractivity contribution is 5.77. The lowest BCUT2D eigenvalue weighted by Crippen LogP contribution is -2.33. The van der Waals surface area contributed by atoms with Gasteiger partial charge in [0.25, 0.3) is 5.78 Å². The zero-order valence-electron chi connectivity index (χ0n) is 14.9. The molecule has 1 amide bonds. The largest absolute Gasteiger partial charge is 0.371 e. The molecule has 0 saturated heterocycles. The Morgan fingerprint density at radius 3 is 3.04 bits per heavy atom. The summed E-state index contributed by atoms with van der Waals surface area (Å²) >= 11 is 0. The smallest absolute Gasteiger partial charge is 0.252 e. The second-order valence-corrected chi connectivity index (χ2v) is 6.57. The van der Waals surface area contributed by atoms with Crippen molar-refractivity contribution in [1.82, 2.24) is 24.9 Å². The highest BCUT2D eigenvalue weighted by atomic mass is 16.5. The molecule has 7 heteroatoms. The Labute approximate surface area is 151 Å². The molecule has 1 N–H and O–H groups in total. The third kappa shape index (κ3) is 3.30. The van der Waals surface area contributed by atoms with Crippen molar-refractivity contribution in [2.24, 2.45) is 0 Å². The van der Waals surface area contributed by atoms with Gasteiger partial charge in [0, 0.05) is 17.9 Å². The number of hydrogen-bond donors (Lipinski definition) is 1. The van der Waals surface area contributed by atoms with Gasteiger partial charge in [-0.15, -0.1) is 5.10 Å². The number of carbonyl (C=O) groups is 1. The molecule has 0 spiro atoms. The van der Waals surface area contributed by atoms with Crippen molar-refractivity contribution < 1.29 is 9.53 Å². The first-order chi connectivity index (χ1) is 12.6. The third-order valence-corrected chi connectivity index (χ3v) is 4.56. The fourth-order valence-corrected chi connectivity index (χ4v) is 3.34. The van der Waals surface area contributed by atoms with Gasteiger partial charge in [0.15, 0.2) is 5.82 Å². The topological polar surface area (TPSA) is 81.4 Å². The number of hydrogen-bond acceptors (Lipinski definition) is 5. The molecule has 1 aromatic carbocycles. The van der Waals surface area contributed by atoms with Crippen LogP contribution in [-0.4, -0.2) is 38.6 Å². The third-order valence-electron chi connectivity index (χ3n) is 4.56. The number of benzene rings is 1. The average Bonchev–Trinajstić information content (AvgIpc) is 3.02. The van der Waals surface area contributed by atoms with E-state index in [-0.39, 0.29) is 18.4 Å². The number of aryl methyl sites for hydroxylation is 2. The fourth-order valence-electron chi connectivity index (χ4n) is 3.34. The summed E-state index contributed by atoms with van der Waals surface area (Å²) in [6, 6.07) is 10.1. The molecule has 1 aliphatic rings. The zero-order valence-corrected chi connectivity index (χ0v) is 14.9. The Bertz CT molecular complexity index is 966. The van der Waals surface area contributed by atoms with Crippen LogP contribution < -0.4 is 5.32 Å². The first-order valence-electron chi connectivity index (χ1n) is 8.76. The Balaban J connectivity index is 1.41. The molecule has 0 bridgehead atoms. The van der Waals surface area contributed by atoms with Crippen molar-refractivity contribution in [2.75, 3.05) is 13.2 Å². The van der Waals surface area contributed by atoms with Crippen molar-refractivity contribution in [3.63, 3.8) is 0 Å². The number of rotatable bonds is 4. The molecule has 0 aliphatic carbocycles. The van der Waals surface area contributed by atoms with E-state index < -0.39 is 0 Å². The van der Waals surface area contributed by atoms with Gasteiger partial charge in [-0.2, -0.15) is 4.98 Å². The summed E-state index contributed by atoms with van der Waals surface area (Å²) < 4.78 is 7.48. The summed E-state index contributed by atoms with van der Waals surface area (Å²) in [6.07, 6.45) is 0.929. The van der Waals surface area contributed by atoms with Crippen LogP contribution in [0.3, 0.4) is 0 Å². The van der Waals surface area contributed by atoms with Crippen LogP contribution in [0.1, 0.15) is 34.4 Å². The van der Waals surface area contributed by atoms with Crippen LogP contribution in [0.25, 0.3) is 5.78 Å². The molecule has 1 unspecified atom stereocenters. The van der Waals surface area contributed by atoms with E-state index in [9.17, 15) is 4.79 Å². The minimum absolute atomic E-state index is 0.107. The fraction of sp³-hybridized carbons (Fsp3) is 0.368. The van der Waals surface area contributed by atoms with Crippen molar-refractivity contribution in [3.05, 3.63) is 58.7 Å². The molecule has 0 radical (unpaired) electrons. The summed E-state index contributed by atoms with van der Waals surface area (Å²) in [6.45, 7) is 4.98. The molecule has 134 valence electrons. The van der Waals surface area contributed by atoms with Gasteiger partial charge < -0.3 is 10.1 Å². The van der Waals surface area contributed by atoms with Crippen LogP contribution in [0.5, 0.6) is 0 Å². The second-order valence-electron chi connectivity index (χ2n) is 6.57. The number of amides is 1. The van der Waals surface area contributed by atoms with E-state index in [0.29, 0.717) is 24.8 Å². The van der Waals surface area contributed by atoms with Gasteiger partial charge in [0.1, 0.15) is 6.10 Å². The molecular weight excluding hydrogens is 330 g/mol. The average molecular weight is 351 g/mol. The van der Waals surface area contributed by atoms with Crippen LogP contribution in [0.15, 0.2) is 30.3 Å². The quantitative estimate of drug-likeness (QED) is 0.774. The number of ether oxygens (including phenoxy) is 1. The van der Waals surface area contributed by atoms with E-state index in [0.717, 1.165) is 23.4 Å². The molecule has 4 rings (SSSR count). The standard InChI is InChI=1S/C19H21N5O2/c1-12-9-13(2)24-19(21-12)22-17(23-24)10-18(25)20-11-16-15-6-4-3-5-14(15)7-8-26-16/h3-6,9,16H,7-8,10-11H2,1-2H3,(H,20,25). The lowest BCUT2D eigenvalue weighted by atomic mass is 9.97. The summed E-state index contributed by atoms with van der Waals surface area (Å²) in [5.74, 6) is 0.866. The number of nitrogens with one attached hydrogen (secondary N) is 1. The van der Waals surface area contributed by atoms with Crippen molar-refractivity contribution in [2.45, 2.75) is 32.8 Å². The Morgan fingerprint density at radius 2 is 2.15 bits per heavy atom. The summed E-state index contributed by atoms with van der Waals surface area (Å²) in [4.78, 5) is 21.0. The number of fused-ring (bicyclic) bond motifs is 2. The Hall–Kier alpha value is -2.80. The van der Waals surface area contributed by atoms with E-state index in [2.05, 4.69) is 32.5 Å². The van der Waals surface area contributed by atoms with Crippen LogP contribution in [-0.2, 0) is 22.4 Å². The van der Waals surface area contributed by atoms with E-state index in [4.69, 9.17) is 4.74 Å². The summed E-state index contributed by atoms with van der Waals surface area (Å²) in [7, 11) is 0. The minimum Gasteiger partial charge on any atom is -0.371 e. The highest BCUT2D eigenvalue weighted by Crippen LogP contribution is 2.26. The monoisotopic (exact) mass is 351 g/mol. The zero-order chi connectivity index (χ0) is 18.1. The molecule has 3 aromatic rings. The predicted molar refractivity (Wildman–Crippen MR) is 95.8 cm³/mol. The van der Waals surface area contributed by atoms with E-state index in [1.165, 1.54) is 5.56 Å². The van der Waals surface area contributed by atoms with Crippen LogP contribution in [0, 0.1) is 13.8 Å². The van der Waals surface area contributed by atoms with Gasteiger partial charge in [-0.05, 0) is 37.5 Å². The summed E-state index contributed by atoms with van der Waals surface area (Å²) in [5, 5.41) is 7.31.